The topological polar surface area (TPSA) is 56.1 Å². The Balaban J connectivity index is 1.78. The fraction of sp³-hybridized carbons (Fsp3) is 0.529. The molecule has 1 N–H and O–H groups in total. The number of rotatable bonds is 2. The maximum absolute atomic E-state index is 12.8. The highest BCUT2D eigenvalue weighted by atomic mass is 16.2. The number of nitriles is 1. The van der Waals surface area contributed by atoms with Crippen LogP contribution in [0.15, 0.2) is 24.3 Å². The van der Waals surface area contributed by atoms with E-state index in [-0.39, 0.29) is 5.91 Å². The molecule has 1 aromatic carbocycles. The van der Waals surface area contributed by atoms with E-state index in [0.717, 1.165) is 25.9 Å². The fourth-order valence-electron chi connectivity index (χ4n) is 3.52. The van der Waals surface area contributed by atoms with Gasteiger partial charge in [-0.25, -0.2) is 0 Å². The molecule has 4 nitrogen and oxygen atoms in total. The summed E-state index contributed by atoms with van der Waals surface area (Å²) in [5, 5.41) is 12.4. The van der Waals surface area contributed by atoms with Crippen molar-refractivity contribution >= 4 is 5.91 Å². The van der Waals surface area contributed by atoms with Crippen LogP contribution in [0, 0.1) is 11.3 Å². The third-order valence-electron chi connectivity index (χ3n) is 4.63. The Morgan fingerprint density at radius 2 is 2.00 bits per heavy atom. The van der Waals surface area contributed by atoms with Gasteiger partial charge < -0.3 is 10.2 Å². The molecule has 2 aliphatic rings. The van der Waals surface area contributed by atoms with Gasteiger partial charge in [0, 0.05) is 24.2 Å². The molecule has 110 valence electrons. The van der Waals surface area contributed by atoms with Crippen molar-refractivity contribution < 1.29 is 4.79 Å². The number of hydrogen-bond acceptors (Lipinski definition) is 3. The minimum Gasteiger partial charge on any atom is -0.334 e. The molecule has 2 aliphatic heterocycles. The third-order valence-corrected chi connectivity index (χ3v) is 4.63. The van der Waals surface area contributed by atoms with Crippen LogP contribution in [-0.2, 0) is 0 Å². The molecule has 2 atom stereocenters. The van der Waals surface area contributed by atoms with Crippen molar-refractivity contribution in [3.63, 3.8) is 0 Å². The average Bonchev–Trinajstić information content (AvgIpc) is 3.08. The van der Waals surface area contributed by atoms with Crippen LogP contribution in [0.25, 0.3) is 0 Å². The standard InChI is InChI=1S/C17H21N3O/c18-12-13-6-8-14(9-7-13)17(21)20-11-2-1-5-16(20)15-4-3-10-19-15/h6-9,15-16,19H,1-5,10-11H2. The lowest BCUT2D eigenvalue weighted by molar-refractivity contribution is 0.0563. The van der Waals surface area contributed by atoms with Crippen molar-refractivity contribution in [1.82, 2.24) is 10.2 Å². The van der Waals surface area contributed by atoms with Gasteiger partial charge in [-0.15, -0.1) is 0 Å². The molecule has 1 aromatic rings. The smallest absolute Gasteiger partial charge is 0.254 e. The molecule has 0 radical (unpaired) electrons. The van der Waals surface area contributed by atoms with E-state index in [1.165, 1.54) is 19.3 Å². The third kappa shape index (κ3) is 2.93. The molecule has 2 fully saturated rings. The van der Waals surface area contributed by atoms with Gasteiger partial charge in [-0.05, 0) is 62.9 Å². The highest BCUT2D eigenvalue weighted by Gasteiger charge is 2.34. The van der Waals surface area contributed by atoms with Crippen LogP contribution in [0.5, 0.6) is 0 Å². The lowest BCUT2D eigenvalue weighted by Gasteiger charge is -2.39. The highest BCUT2D eigenvalue weighted by molar-refractivity contribution is 5.94. The van der Waals surface area contributed by atoms with Crippen molar-refractivity contribution in [3.8, 4) is 6.07 Å². The van der Waals surface area contributed by atoms with E-state index in [2.05, 4.69) is 11.4 Å². The Morgan fingerprint density at radius 3 is 2.67 bits per heavy atom. The van der Waals surface area contributed by atoms with Crippen molar-refractivity contribution in [2.24, 2.45) is 0 Å². The zero-order chi connectivity index (χ0) is 14.7. The van der Waals surface area contributed by atoms with E-state index in [0.29, 0.717) is 23.2 Å². The van der Waals surface area contributed by atoms with Gasteiger partial charge in [0.05, 0.1) is 11.6 Å². The Labute approximate surface area is 125 Å². The first kappa shape index (κ1) is 14.1. The van der Waals surface area contributed by atoms with E-state index in [4.69, 9.17) is 5.26 Å². The van der Waals surface area contributed by atoms with Gasteiger partial charge in [-0.2, -0.15) is 5.26 Å². The molecule has 2 unspecified atom stereocenters. The van der Waals surface area contributed by atoms with Crippen molar-refractivity contribution in [3.05, 3.63) is 35.4 Å². The van der Waals surface area contributed by atoms with Gasteiger partial charge in [0.15, 0.2) is 0 Å². The number of nitrogens with zero attached hydrogens (tertiary/aromatic N) is 2. The largest absolute Gasteiger partial charge is 0.334 e. The SMILES string of the molecule is N#Cc1ccc(C(=O)N2CCCCC2C2CCCN2)cc1. The first-order valence-corrected chi connectivity index (χ1v) is 7.84. The predicted octanol–water partition coefficient (Wildman–Crippen LogP) is 2.30. The summed E-state index contributed by atoms with van der Waals surface area (Å²) in [5.74, 6) is 0.109. The predicted molar refractivity (Wildman–Crippen MR) is 80.9 cm³/mol. The quantitative estimate of drug-likeness (QED) is 0.906. The molecule has 0 spiro atoms. The van der Waals surface area contributed by atoms with E-state index >= 15 is 0 Å². The van der Waals surface area contributed by atoms with Crippen LogP contribution in [0.2, 0.25) is 0 Å². The summed E-state index contributed by atoms with van der Waals surface area (Å²) in [7, 11) is 0. The minimum absolute atomic E-state index is 0.109. The van der Waals surface area contributed by atoms with Crippen molar-refractivity contribution in [2.75, 3.05) is 13.1 Å². The normalized spacial score (nSPS) is 25.6. The van der Waals surface area contributed by atoms with Crippen molar-refractivity contribution in [2.45, 2.75) is 44.2 Å². The summed E-state index contributed by atoms with van der Waals surface area (Å²) in [6.07, 6.45) is 5.77. The highest BCUT2D eigenvalue weighted by Crippen LogP contribution is 2.25. The average molecular weight is 283 g/mol. The Hall–Kier alpha value is -1.86. The van der Waals surface area contributed by atoms with Gasteiger partial charge >= 0.3 is 0 Å². The molecule has 0 saturated carbocycles. The van der Waals surface area contributed by atoms with E-state index in [9.17, 15) is 4.79 Å². The zero-order valence-corrected chi connectivity index (χ0v) is 12.2. The van der Waals surface area contributed by atoms with Gasteiger partial charge in [0.2, 0.25) is 0 Å². The molecule has 0 bridgehead atoms. The molecule has 0 aliphatic carbocycles. The van der Waals surface area contributed by atoms with E-state index < -0.39 is 0 Å². The van der Waals surface area contributed by atoms with Gasteiger partial charge in [0.25, 0.3) is 5.91 Å². The maximum Gasteiger partial charge on any atom is 0.254 e. The number of hydrogen-bond donors (Lipinski definition) is 1. The molecular formula is C17H21N3O. The molecule has 4 heteroatoms. The Kier molecular flexibility index (Phi) is 4.21. The van der Waals surface area contributed by atoms with Crippen molar-refractivity contribution in [1.29, 1.82) is 5.26 Å². The van der Waals surface area contributed by atoms with Gasteiger partial charge in [-0.3, -0.25) is 4.79 Å². The summed E-state index contributed by atoms with van der Waals surface area (Å²) in [4.78, 5) is 14.8. The number of nitrogens with one attached hydrogen (secondary N) is 1. The van der Waals surface area contributed by atoms with Crippen LogP contribution in [0.3, 0.4) is 0 Å². The fourth-order valence-corrected chi connectivity index (χ4v) is 3.52. The second-order valence-corrected chi connectivity index (χ2v) is 5.95. The number of benzene rings is 1. The summed E-state index contributed by atoms with van der Waals surface area (Å²) in [5.41, 5.74) is 1.29. The second kappa shape index (κ2) is 6.28. The molecule has 2 saturated heterocycles. The molecule has 21 heavy (non-hydrogen) atoms. The van der Waals surface area contributed by atoms with Crippen LogP contribution < -0.4 is 5.32 Å². The maximum atomic E-state index is 12.8. The summed E-state index contributed by atoms with van der Waals surface area (Å²) >= 11 is 0. The van der Waals surface area contributed by atoms with Crippen LogP contribution >= 0.6 is 0 Å². The summed E-state index contributed by atoms with van der Waals surface area (Å²) < 4.78 is 0. The lowest BCUT2D eigenvalue weighted by atomic mass is 9.93. The van der Waals surface area contributed by atoms with Crippen LogP contribution in [-0.4, -0.2) is 36.0 Å². The number of piperidine rings is 1. The second-order valence-electron chi connectivity index (χ2n) is 5.95. The molecule has 2 heterocycles. The Morgan fingerprint density at radius 1 is 1.19 bits per heavy atom. The first-order chi connectivity index (χ1) is 10.3. The van der Waals surface area contributed by atoms with E-state index in [1.807, 2.05) is 4.90 Å². The first-order valence-electron chi connectivity index (χ1n) is 7.84. The van der Waals surface area contributed by atoms with Gasteiger partial charge in [-0.1, -0.05) is 0 Å². The van der Waals surface area contributed by atoms with Gasteiger partial charge in [0.1, 0.15) is 0 Å². The number of carbonyl (C=O) groups excluding carboxylic acids is 1. The monoisotopic (exact) mass is 283 g/mol. The summed E-state index contributed by atoms with van der Waals surface area (Å²) in [6.45, 7) is 1.92. The van der Waals surface area contributed by atoms with E-state index in [1.54, 1.807) is 24.3 Å². The molecule has 0 aromatic heterocycles. The Bertz CT molecular complexity index is 540. The number of likely N-dealkylation sites (tertiary alicyclic amines) is 1. The zero-order valence-electron chi connectivity index (χ0n) is 12.2. The number of amides is 1. The minimum atomic E-state index is 0.109. The number of carbonyl (C=O) groups is 1. The van der Waals surface area contributed by atoms with Crippen LogP contribution in [0.1, 0.15) is 48.0 Å². The summed E-state index contributed by atoms with van der Waals surface area (Å²) in [6, 6.07) is 9.86. The molecule has 3 rings (SSSR count). The lowest BCUT2D eigenvalue weighted by Crippen LogP contribution is -2.52. The molecular weight excluding hydrogens is 262 g/mol. The van der Waals surface area contributed by atoms with Crippen LogP contribution in [0.4, 0.5) is 0 Å². The molecule has 1 amide bonds.